The third kappa shape index (κ3) is 4.99. The molecular weight excluding hydrogens is 366 g/mol. The van der Waals surface area contributed by atoms with Gasteiger partial charge in [0.2, 0.25) is 0 Å². The van der Waals surface area contributed by atoms with E-state index in [0.717, 1.165) is 28.2 Å². The number of carbonyl (C=O) groups excluding carboxylic acids is 1. The molecular formula is C21H21N7O. The van der Waals surface area contributed by atoms with Gasteiger partial charge >= 0.3 is 0 Å². The fourth-order valence-electron chi connectivity index (χ4n) is 2.90. The number of amides is 1. The number of nitrogen functional groups attached to an aromatic ring is 2. The van der Waals surface area contributed by atoms with E-state index in [1.54, 1.807) is 18.4 Å². The van der Waals surface area contributed by atoms with Crippen LogP contribution in [0.5, 0.6) is 0 Å². The van der Waals surface area contributed by atoms with Gasteiger partial charge in [0.15, 0.2) is 0 Å². The smallest absolute Gasteiger partial charge is 0.254 e. The number of hydrazone groups is 1. The van der Waals surface area contributed by atoms with Gasteiger partial charge in [0.05, 0.1) is 23.7 Å². The third-order valence-electron chi connectivity index (χ3n) is 4.21. The first-order valence-electron chi connectivity index (χ1n) is 8.95. The Morgan fingerprint density at radius 3 is 2.66 bits per heavy atom. The maximum absolute atomic E-state index is 11.4. The largest absolute Gasteiger partial charge is 0.399 e. The molecule has 5 N–H and O–H groups in total. The van der Waals surface area contributed by atoms with Crippen molar-refractivity contribution < 1.29 is 4.79 Å². The Kier molecular flexibility index (Phi) is 5.90. The van der Waals surface area contributed by atoms with Crippen molar-refractivity contribution in [1.29, 1.82) is 5.26 Å². The summed E-state index contributed by atoms with van der Waals surface area (Å²) < 4.78 is 1.87. The lowest BCUT2D eigenvalue weighted by atomic mass is 10.0. The molecule has 0 unspecified atom stereocenters. The summed E-state index contributed by atoms with van der Waals surface area (Å²) in [6.07, 6.45) is 1.86. The molecule has 0 aliphatic rings. The molecule has 0 radical (unpaired) electrons. The number of nitriles is 1. The molecule has 8 nitrogen and oxygen atoms in total. The van der Waals surface area contributed by atoms with E-state index in [0.29, 0.717) is 17.8 Å². The number of carbonyl (C=O) groups is 1. The molecule has 0 atom stereocenters. The van der Waals surface area contributed by atoms with Gasteiger partial charge < -0.3 is 11.5 Å². The minimum Gasteiger partial charge on any atom is -0.399 e. The first-order chi connectivity index (χ1) is 14.0. The van der Waals surface area contributed by atoms with Crippen LogP contribution >= 0.6 is 0 Å². The predicted octanol–water partition coefficient (Wildman–Crippen LogP) is 2.30. The van der Waals surface area contributed by atoms with Crippen LogP contribution in [0.4, 0.5) is 11.4 Å². The summed E-state index contributed by atoms with van der Waals surface area (Å²) in [6.45, 7) is 1.93. The lowest BCUT2D eigenvalue weighted by molar-refractivity contribution is -0.120. The highest BCUT2D eigenvalue weighted by atomic mass is 16.2. The summed E-state index contributed by atoms with van der Waals surface area (Å²) in [7, 11) is 0. The number of nitrogens with zero attached hydrogens (tertiary/aromatic N) is 4. The number of aryl methyl sites for hydroxylation is 1. The average Bonchev–Trinajstić information content (AvgIpc) is 3.04. The maximum Gasteiger partial charge on any atom is 0.254 e. The van der Waals surface area contributed by atoms with E-state index in [1.807, 2.05) is 54.1 Å². The Balaban J connectivity index is 1.90. The number of hydrogen-bond donors (Lipinski definition) is 3. The summed E-state index contributed by atoms with van der Waals surface area (Å²) >= 11 is 0. The second-order valence-electron chi connectivity index (χ2n) is 6.54. The second kappa shape index (κ2) is 8.71. The lowest BCUT2D eigenvalue weighted by Crippen LogP contribution is -2.16. The molecule has 3 aromatic rings. The molecule has 2 aromatic carbocycles. The zero-order chi connectivity index (χ0) is 20.8. The molecule has 0 saturated carbocycles. The molecule has 0 saturated heterocycles. The van der Waals surface area contributed by atoms with E-state index in [9.17, 15) is 4.79 Å². The van der Waals surface area contributed by atoms with Crippen molar-refractivity contribution in [1.82, 2.24) is 15.2 Å². The van der Waals surface area contributed by atoms with Crippen molar-refractivity contribution in [2.45, 2.75) is 19.8 Å². The number of hydrogen-bond acceptors (Lipinski definition) is 6. The first-order valence-corrected chi connectivity index (χ1v) is 8.95. The van der Waals surface area contributed by atoms with Crippen molar-refractivity contribution in [3.05, 3.63) is 71.0 Å². The number of aromatic nitrogens is 2. The Labute approximate surface area is 168 Å². The van der Waals surface area contributed by atoms with E-state index in [2.05, 4.69) is 15.6 Å². The van der Waals surface area contributed by atoms with Crippen LogP contribution in [0.3, 0.4) is 0 Å². The Bertz CT molecular complexity index is 1090. The SMILES string of the molecule is Cc1cc(Cc2cc(N)ccc2C=NNC(=O)CC#N)n(-c2ccc(N)cc2)n1. The first kappa shape index (κ1) is 19.6. The van der Waals surface area contributed by atoms with Crippen LogP contribution in [0.2, 0.25) is 0 Å². The van der Waals surface area contributed by atoms with Crippen LogP contribution in [0, 0.1) is 18.3 Å². The molecule has 146 valence electrons. The lowest BCUT2D eigenvalue weighted by Gasteiger charge is -2.10. The van der Waals surface area contributed by atoms with Gasteiger partial charge in [0.25, 0.3) is 5.91 Å². The highest BCUT2D eigenvalue weighted by Gasteiger charge is 2.11. The summed E-state index contributed by atoms with van der Waals surface area (Å²) in [4.78, 5) is 11.4. The van der Waals surface area contributed by atoms with E-state index < -0.39 is 5.91 Å². The predicted molar refractivity (Wildman–Crippen MR) is 112 cm³/mol. The minimum atomic E-state index is -0.460. The molecule has 1 heterocycles. The Morgan fingerprint density at radius 1 is 1.21 bits per heavy atom. The number of rotatable bonds is 6. The molecule has 29 heavy (non-hydrogen) atoms. The molecule has 0 spiro atoms. The van der Waals surface area contributed by atoms with Crippen LogP contribution in [0.1, 0.15) is 28.9 Å². The average molecular weight is 387 g/mol. The highest BCUT2D eigenvalue weighted by Crippen LogP contribution is 2.20. The number of nitrogens with one attached hydrogen (secondary N) is 1. The van der Waals surface area contributed by atoms with Gasteiger partial charge in [-0.2, -0.15) is 15.5 Å². The van der Waals surface area contributed by atoms with Crippen LogP contribution in [-0.2, 0) is 11.2 Å². The van der Waals surface area contributed by atoms with Crippen LogP contribution in [0.15, 0.2) is 53.6 Å². The van der Waals surface area contributed by atoms with Crippen molar-refractivity contribution in [3.63, 3.8) is 0 Å². The summed E-state index contributed by atoms with van der Waals surface area (Å²) in [5.74, 6) is -0.460. The van der Waals surface area contributed by atoms with Gasteiger partial charge in [0, 0.05) is 23.5 Å². The monoisotopic (exact) mass is 387 g/mol. The van der Waals surface area contributed by atoms with Gasteiger partial charge in [-0.25, -0.2) is 10.1 Å². The van der Waals surface area contributed by atoms with E-state index in [1.165, 1.54) is 0 Å². The third-order valence-corrected chi connectivity index (χ3v) is 4.21. The van der Waals surface area contributed by atoms with Crippen LogP contribution in [-0.4, -0.2) is 21.9 Å². The maximum atomic E-state index is 11.4. The number of benzene rings is 2. The topological polar surface area (TPSA) is 135 Å². The van der Waals surface area contributed by atoms with Gasteiger partial charge in [-0.1, -0.05) is 6.07 Å². The highest BCUT2D eigenvalue weighted by molar-refractivity contribution is 5.85. The normalized spacial score (nSPS) is 10.8. The molecule has 0 aliphatic heterocycles. The van der Waals surface area contributed by atoms with Gasteiger partial charge in [-0.3, -0.25) is 4.79 Å². The number of anilines is 2. The summed E-state index contributed by atoms with van der Waals surface area (Å²) in [6, 6.07) is 16.7. The summed E-state index contributed by atoms with van der Waals surface area (Å²) in [5, 5.41) is 17.1. The molecule has 8 heteroatoms. The number of nitrogens with two attached hydrogens (primary N) is 2. The van der Waals surface area contributed by atoms with Crippen molar-refractivity contribution in [2.24, 2.45) is 5.10 Å². The van der Waals surface area contributed by atoms with E-state index >= 15 is 0 Å². The molecule has 1 amide bonds. The molecule has 0 fully saturated rings. The summed E-state index contributed by atoms with van der Waals surface area (Å²) in [5.41, 5.74) is 19.9. The fraction of sp³-hybridized carbons (Fsp3) is 0.143. The zero-order valence-electron chi connectivity index (χ0n) is 16.0. The standard InChI is InChI=1S/C21H21N7O/c1-14-10-20(28(27-14)19-6-4-17(23)5-7-19)12-16-11-18(24)3-2-15(16)13-25-26-21(29)8-9-22/h2-7,10-11,13H,8,12,23-24H2,1H3,(H,26,29). The quantitative estimate of drug-likeness (QED) is 0.339. The van der Waals surface area contributed by atoms with Crippen molar-refractivity contribution in [3.8, 4) is 11.8 Å². The second-order valence-corrected chi connectivity index (χ2v) is 6.54. The Hall–Kier alpha value is -4.12. The minimum absolute atomic E-state index is 0.244. The van der Waals surface area contributed by atoms with Crippen molar-refractivity contribution in [2.75, 3.05) is 11.5 Å². The van der Waals surface area contributed by atoms with E-state index in [-0.39, 0.29) is 6.42 Å². The molecule has 1 aromatic heterocycles. The fourth-order valence-corrected chi connectivity index (χ4v) is 2.90. The zero-order valence-corrected chi connectivity index (χ0v) is 16.0. The molecule has 0 bridgehead atoms. The van der Waals surface area contributed by atoms with Crippen molar-refractivity contribution >= 4 is 23.5 Å². The van der Waals surface area contributed by atoms with E-state index in [4.69, 9.17) is 16.7 Å². The van der Waals surface area contributed by atoms with Gasteiger partial charge in [0.1, 0.15) is 6.42 Å². The van der Waals surface area contributed by atoms with Crippen LogP contribution in [0.25, 0.3) is 5.69 Å². The molecule has 0 aliphatic carbocycles. The van der Waals surface area contributed by atoms with Gasteiger partial charge in [-0.15, -0.1) is 0 Å². The molecule has 3 rings (SSSR count). The van der Waals surface area contributed by atoms with Gasteiger partial charge in [-0.05, 0) is 60.5 Å². The van der Waals surface area contributed by atoms with Crippen LogP contribution < -0.4 is 16.9 Å². The Morgan fingerprint density at radius 2 is 1.93 bits per heavy atom.